The molecule has 2 heterocycles. The van der Waals surface area contributed by atoms with Crippen molar-refractivity contribution in [2.24, 2.45) is 0 Å². The normalized spacial score (nSPS) is 17.8. The molecule has 1 aromatic heterocycles. The first-order valence-corrected chi connectivity index (χ1v) is 13.6. The number of Topliss-reactive ketones (excluding diaryl/α,β-unsaturated/α-hetero) is 1. The highest BCUT2D eigenvalue weighted by atomic mass is 32.2. The molecule has 6 heteroatoms. The van der Waals surface area contributed by atoms with E-state index >= 15 is 0 Å². The van der Waals surface area contributed by atoms with Gasteiger partial charge in [-0.05, 0) is 30.7 Å². The van der Waals surface area contributed by atoms with Gasteiger partial charge in [-0.3, -0.25) is 4.79 Å². The lowest BCUT2D eigenvalue weighted by Crippen LogP contribution is -2.36. The SMILES string of the molecule is CCCCN1/C(=C/C2=C([O-])C(=C/c3sc4ccccc4[n+]3CCCC)/C2=O)Sc2ccccc21. The Morgan fingerprint density at radius 2 is 1.76 bits per heavy atom. The molecular weight excluding hydrogens is 460 g/mol. The number of hydrogen-bond donors (Lipinski definition) is 0. The lowest BCUT2D eigenvalue weighted by molar-refractivity contribution is -0.669. The van der Waals surface area contributed by atoms with E-state index in [1.807, 2.05) is 24.3 Å². The van der Waals surface area contributed by atoms with Crippen LogP contribution in [0.1, 0.15) is 44.5 Å². The zero-order valence-corrected chi connectivity index (χ0v) is 21.2. The largest absolute Gasteiger partial charge is 0.871 e. The molecule has 0 saturated carbocycles. The summed E-state index contributed by atoms with van der Waals surface area (Å²) in [6, 6.07) is 16.5. The van der Waals surface area contributed by atoms with Gasteiger partial charge >= 0.3 is 0 Å². The highest BCUT2D eigenvalue weighted by Gasteiger charge is 2.31. The van der Waals surface area contributed by atoms with E-state index in [0.29, 0.717) is 11.1 Å². The molecule has 0 radical (unpaired) electrons. The zero-order chi connectivity index (χ0) is 23.7. The van der Waals surface area contributed by atoms with E-state index in [4.69, 9.17) is 0 Å². The average molecular weight is 489 g/mol. The van der Waals surface area contributed by atoms with Crippen molar-refractivity contribution in [1.82, 2.24) is 0 Å². The molecule has 4 nitrogen and oxygen atoms in total. The summed E-state index contributed by atoms with van der Waals surface area (Å²) in [6.07, 6.45) is 7.89. The standard InChI is InChI=1S/C28H28N2O2S2/c1-3-5-15-29-21-11-7-9-13-23(21)33-25(29)17-19-27(31)20(28(19)32)18-26-30(16-6-4-2)22-12-8-10-14-24(22)34-26/h7-14,17-18H,3-6,15-16H2,1-2H3. The Labute approximate surface area is 208 Å². The van der Waals surface area contributed by atoms with Crippen molar-refractivity contribution in [2.75, 3.05) is 11.4 Å². The third kappa shape index (κ3) is 4.10. The molecule has 0 bridgehead atoms. The smallest absolute Gasteiger partial charge is 0.263 e. The Kier molecular flexibility index (Phi) is 6.61. The summed E-state index contributed by atoms with van der Waals surface area (Å²) >= 11 is 3.27. The summed E-state index contributed by atoms with van der Waals surface area (Å²) in [5.74, 6) is -0.298. The van der Waals surface area contributed by atoms with Crippen molar-refractivity contribution in [3.63, 3.8) is 0 Å². The number of carbonyl (C=O) groups is 1. The monoisotopic (exact) mass is 488 g/mol. The first kappa shape index (κ1) is 22.9. The van der Waals surface area contributed by atoms with Gasteiger partial charge in [0.15, 0.2) is 12.3 Å². The van der Waals surface area contributed by atoms with Crippen LogP contribution in [0.25, 0.3) is 16.3 Å². The minimum atomic E-state index is -0.149. The number of fused-ring (bicyclic) bond motifs is 2. The van der Waals surface area contributed by atoms with Gasteiger partial charge in [0, 0.05) is 41.1 Å². The minimum absolute atomic E-state index is 0.149. The molecule has 174 valence electrons. The number of thiazole rings is 1. The topological polar surface area (TPSA) is 47.2 Å². The number of allylic oxidation sites excluding steroid dienone is 3. The number of hydrogen-bond acceptors (Lipinski definition) is 5. The van der Waals surface area contributed by atoms with Crippen LogP contribution in [0.4, 0.5) is 5.69 Å². The lowest BCUT2D eigenvalue weighted by atomic mass is 9.88. The number of unbranched alkanes of at least 4 members (excludes halogenated alkanes) is 2. The van der Waals surface area contributed by atoms with E-state index in [0.717, 1.165) is 60.0 Å². The fourth-order valence-electron chi connectivity index (χ4n) is 4.36. The number of carbonyl (C=O) groups excluding carboxylic acids is 1. The summed E-state index contributed by atoms with van der Waals surface area (Å²) in [6.45, 7) is 6.10. The van der Waals surface area contributed by atoms with Crippen molar-refractivity contribution in [2.45, 2.75) is 51.0 Å². The number of thioether (sulfide) groups is 1. The Balaban J connectivity index is 1.48. The molecule has 34 heavy (non-hydrogen) atoms. The molecule has 0 fully saturated rings. The summed E-state index contributed by atoms with van der Waals surface area (Å²) in [4.78, 5) is 16.5. The predicted octanol–water partition coefficient (Wildman–Crippen LogP) is 5.82. The van der Waals surface area contributed by atoms with Gasteiger partial charge < -0.3 is 10.0 Å². The highest BCUT2D eigenvalue weighted by Crippen LogP contribution is 2.47. The van der Waals surface area contributed by atoms with Gasteiger partial charge in [0.05, 0.1) is 10.7 Å². The second-order valence-electron chi connectivity index (χ2n) is 8.60. The van der Waals surface area contributed by atoms with Crippen LogP contribution in [0.5, 0.6) is 0 Å². The quantitative estimate of drug-likeness (QED) is 0.296. The van der Waals surface area contributed by atoms with Gasteiger partial charge in [0.25, 0.3) is 5.01 Å². The summed E-state index contributed by atoms with van der Waals surface area (Å²) in [7, 11) is 0. The third-order valence-electron chi connectivity index (χ3n) is 6.26. The fraction of sp³-hybridized carbons (Fsp3) is 0.286. The molecule has 3 aromatic rings. The molecule has 2 aromatic carbocycles. The second-order valence-corrected chi connectivity index (χ2v) is 10.7. The van der Waals surface area contributed by atoms with Crippen molar-refractivity contribution >= 4 is 50.9 Å². The molecule has 1 aliphatic carbocycles. The first-order valence-electron chi connectivity index (χ1n) is 12.0. The van der Waals surface area contributed by atoms with E-state index in [-0.39, 0.29) is 11.5 Å². The molecular formula is C28H28N2O2S2. The number of benzene rings is 2. The maximum Gasteiger partial charge on any atom is 0.263 e. The summed E-state index contributed by atoms with van der Waals surface area (Å²) < 4.78 is 3.41. The maximum atomic E-state index is 13.1. The molecule has 5 rings (SSSR count). The maximum absolute atomic E-state index is 13.1. The van der Waals surface area contributed by atoms with E-state index in [1.165, 1.54) is 9.60 Å². The average Bonchev–Trinajstić information content (AvgIpc) is 3.40. The Bertz CT molecular complexity index is 1350. The molecule has 1 aliphatic heterocycles. The predicted molar refractivity (Wildman–Crippen MR) is 140 cm³/mol. The molecule has 0 atom stereocenters. The summed E-state index contributed by atoms with van der Waals surface area (Å²) in [5, 5.41) is 15.0. The van der Waals surface area contributed by atoms with Crippen molar-refractivity contribution < 1.29 is 14.5 Å². The number of nitrogens with zero attached hydrogens (tertiary/aromatic N) is 2. The van der Waals surface area contributed by atoms with Crippen LogP contribution in [0, 0.1) is 0 Å². The van der Waals surface area contributed by atoms with E-state index in [2.05, 4.69) is 47.6 Å². The van der Waals surface area contributed by atoms with Gasteiger partial charge in [-0.1, -0.05) is 79.8 Å². The van der Waals surface area contributed by atoms with Crippen LogP contribution in [0.2, 0.25) is 0 Å². The van der Waals surface area contributed by atoms with Crippen LogP contribution in [-0.2, 0) is 11.3 Å². The van der Waals surface area contributed by atoms with E-state index in [9.17, 15) is 9.90 Å². The third-order valence-corrected chi connectivity index (χ3v) is 8.48. The van der Waals surface area contributed by atoms with Gasteiger partial charge in [-0.15, -0.1) is 0 Å². The molecule has 0 spiro atoms. The van der Waals surface area contributed by atoms with Gasteiger partial charge in [-0.25, -0.2) is 0 Å². The number of para-hydroxylation sites is 2. The first-order chi connectivity index (χ1) is 16.6. The van der Waals surface area contributed by atoms with Crippen molar-refractivity contribution in [3.05, 3.63) is 81.5 Å². The van der Waals surface area contributed by atoms with Gasteiger partial charge in [0.2, 0.25) is 5.52 Å². The van der Waals surface area contributed by atoms with E-state index in [1.54, 1.807) is 35.3 Å². The number of ketones is 1. The van der Waals surface area contributed by atoms with Crippen LogP contribution in [0.15, 0.2) is 81.4 Å². The number of rotatable bonds is 8. The summed E-state index contributed by atoms with van der Waals surface area (Å²) in [5.41, 5.74) is 2.91. The Hall–Kier alpha value is -2.83. The zero-order valence-electron chi connectivity index (χ0n) is 19.5. The van der Waals surface area contributed by atoms with E-state index < -0.39 is 0 Å². The number of aromatic nitrogens is 1. The van der Waals surface area contributed by atoms with Gasteiger partial charge in [-0.2, -0.15) is 4.57 Å². The molecule has 0 N–H and O–H groups in total. The van der Waals surface area contributed by atoms with Gasteiger partial charge in [0.1, 0.15) is 4.70 Å². The molecule has 0 saturated heterocycles. The highest BCUT2D eigenvalue weighted by molar-refractivity contribution is 8.03. The van der Waals surface area contributed by atoms with Crippen LogP contribution >= 0.6 is 23.1 Å². The molecule has 2 aliphatic rings. The molecule has 0 amide bonds. The van der Waals surface area contributed by atoms with Crippen molar-refractivity contribution in [3.8, 4) is 0 Å². The van der Waals surface area contributed by atoms with Crippen LogP contribution in [-0.4, -0.2) is 12.3 Å². The molecule has 0 unspecified atom stereocenters. The second kappa shape index (κ2) is 9.80. The number of aryl methyl sites for hydroxylation is 1. The van der Waals surface area contributed by atoms with Crippen LogP contribution < -0.4 is 14.6 Å². The lowest BCUT2D eigenvalue weighted by Gasteiger charge is -2.29. The Morgan fingerprint density at radius 3 is 2.56 bits per heavy atom. The Morgan fingerprint density at radius 1 is 1.00 bits per heavy atom. The minimum Gasteiger partial charge on any atom is -0.871 e. The van der Waals surface area contributed by atoms with Crippen molar-refractivity contribution in [1.29, 1.82) is 0 Å². The number of anilines is 1. The van der Waals surface area contributed by atoms with Crippen LogP contribution in [0.3, 0.4) is 0 Å². The fourth-order valence-corrected chi connectivity index (χ4v) is 6.62.